The van der Waals surface area contributed by atoms with Gasteiger partial charge in [-0.25, -0.2) is 0 Å². The molecule has 0 saturated heterocycles. The van der Waals surface area contributed by atoms with Crippen LogP contribution in [0.25, 0.3) is 0 Å². The fraction of sp³-hybridized carbons (Fsp3) is 0.800. The highest BCUT2D eigenvalue weighted by Gasteiger charge is 2.10. The molecule has 0 saturated carbocycles. The Hall–Kier alpha value is 0.500. The van der Waals surface area contributed by atoms with E-state index in [-0.39, 0.29) is 4.83 Å². The van der Waals surface area contributed by atoms with Crippen LogP contribution in [0.5, 0.6) is 0 Å². The monoisotopic (exact) mass is 197 g/mol. The summed E-state index contributed by atoms with van der Waals surface area (Å²) in [5.41, 5.74) is 0. The molecule has 0 aromatic heterocycles. The summed E-state index contributed by atoms with van der Waals surface area (Å²) in [7, 11) is 0.376. The molecule has 0 bridgehead atoms. The van der Waals surface area contributed by atoms with E-state index in [1.54, 1.807) is 0 Å². The first-order valence-corrected chi connectivity index (χ1v) is 5.43. The second-order valence-electron chi connectivity index (χ2n) is 1.80. The summed E-state index contributed by atoms with van der Waals surface area (Å²) in [6, 6.07) is 0. The molecule has 0 spiro atoms. The SMILES string of the molecule is C[S+](C)CC(Br)C=O. The molecule has 48 valence electrons. The lowest BCUT2D eigenvalue weighted by Gasteiger charge is -1.95. The highest BCUT2D eigenvalue weighted by atomic mass is 79.9. The van der Waals surface area contributed by atoms with Gasteiger partial charge in [-0.3, -0.25) is 0 Å². The van der Waals surface area contributed by atoms with E-state index in [0.717, 1.165) is 12.0 Å². The molecule has 0 heterocycles. The van der Waals surface area contributed by atoms with E-state index in [1.165, 1.54) is 0 Å². The van der Waals surface area contributed by atoms with Gasteiger partial charge in [0.15, 0.2) is 0 Å². The van der Waals surface area contributed by atoms with Crippen LogP contribution in [0.3, 0.4) is 0 Å². The highest BCUT2D eigenvalue weighted by Crippen LogP contribution is 1.98. The van der Waals surface area contributed by atoms with Gasteiger partial charge >= 0.3 is 0 Å². The summed E-state index contributed by atoms with van der Waals surface area (Å²) in [5, 5.41) is 0. The lowest BCUT2D eigenvalue weighted by atomic mass is 10.6. The van der Waals surface area contributed by atoms with E-state index in [1.807, 2.05) is 0 Å². The minimum Gasteiger partial charge on any atom is -0.302 e. The summed E-state index contributed by atoms with van der Waals surface area (Å²) in [4.78, 5) is 10.1. The number of carbonyl (C=O) groups is 1. The summed E-state index contributed by atoms with van der Waals surface area (Å²) in [6.07, 6.45) is 5.18. The van der Waals surface area contributed by atoms with Gasteiger partial charge in [0.2, 0.25) is 0 Å². The molecule has 0 aliphatic carbocycles. The largest absolute Gasteiger partial charge is 0.302 e. The molecule has 0 fully saturated rings. The Kier molecular flexibility index (Phi) is 4.66. The Balaban J connectivity index is 3.23. The second kappa shape index (κ2) is 4.39. The smallest absolute Gasteiger partial charge is 0.138 e. The Morgan fingerprint density at radius 3 is 2.38 bits per heavy atom. The Labute approximate surface area is 61.3 Å². The van der Waals surface area contributed by atoms with Crippen molar-refractivity contribution in [1.29, 1.82) is 0 Å². The molecule has 0 rings (SSSR count). The second-order valence-corrected chi connectivity index (χ2v) is 5.29. The first kappa shape index (κ1) is 8.50. The fourth-order valence-corrected chi connectivity index (χ4v) is 2.66. The third-order valence-corrected chi connectivity index (χ3v) is 2.63. The number of rotatable bonds is 3. The van der Waals surface area contributed by atoms with E-state index in [4.69, 9.17) is 0 Å². The topological polar surface area (TPSA) is 17.1 Å². The van der Waals surface area contributed by atoms with Crippen LogP contribution in [0.4, 0.5) is 0 Å². The molecule has 8 heavy (non-hydrogen) atoms. The van der Waals surface area contributed by atoms with Gasteiger partial charge in [-0.05, 0) is 10.9 Å². The Bertz CT molecular complexity index is 74.8. The normalized spacial score (nSPS) is 14.0. The van der Waals surface area contributed by atoms with Crippen LogP contribution < -0.4 is 0 Å². The average Bonchev–Trinajstić information content (AvgIpc) is 1.65. The fourth-order valence-electron chi connectivity index (χ4n) is 0.358. The van der Waals surface area contributed by atoms with Crippen LogP contribution in [0.15, 0.2) is 0 Å². The summed E-state index contributed by atoms with van der Waals surface area (Å²) in [6.45, 7) is 0. The van der Waals surface area contributed by atoms with Crippen molar-refractivity contribution < 1.29 is 4.79 Å². The van der Waals surface area contributed by atoms with E-state index in [2.05, 4.69) is 28.4 Å². The molecular formula is C5H10BrOS+. The van der Waals surface area contributed by atoms with Gasteiger partial charge in [0.1, 0.15) is 16.9 Å². The van der Waals surface area contributed by atoms with E-state index in [0.29, 0.717) is 10.9 Å². The van der Waals surface area contributed by atoms with Crippen LogP contribution in [-0.4, -0.2) is 29.4 Å². The molecular weight excluding hydrogens is 188 g/mol. The van der Waals surface area contributed by atoms with Gasteiger partial charge in [0.05, 0.1) is 12.5 Å². The molecule has 0 aliphatic rings. The van der Waals surface area contributed by atoms with E-state index >= 15 is 0 Å². The number of aldehydes is 1. The number of alkyl halides is 1. The summed E-state index contributed by atoms with van der Waals surface area (Å²) < 4.78 is 0. The van der Waals surface area contributed by atoms with Crippen molar-refractivity contribution in [3.05, 3.63) is 0 Å². The third kappa shape index (κ3) is 4.65. The Morgan fingerprint density at radius 1 is 1.75 bits per heavy atom. The zero-order chi connectivity index (χ0) is 6.57. The number of hydrogen-bond acceptors (Lipinski definition) is 1. The maximum atomic E-state index is 10.00. The minimum absolute atomic E-state index is 0.0702. The standard InChI is InChI=1S/C5H10BrOS/c1-8(2)4-5(6)3-7/h3,5H,4H2,1-2H3/q+1. The molecule has 1 atom stereocenters. The van der Waals surface area contributed by atoms with Crippen molar-refractivity contribution in [3.63, 3.8) is 0 Å². The molecule has 1 unspecified atom stereocenters. The summed E-state index contributed by atoms with van der Waals surface area (Å²) in [5.74, 6) is 0.962. The highest BCUT2D eigenvalue weighted by molar-refractivity contribution is 9.10. The van der Waals surface area contributed by atoms with Crippen molar-refractivity contribution in [2.24, 2.45) is 0 Å². The molecule has 1 nitrogen and oxygen atoms in total. The van der Waals surface area contributed by atoms with Gasteiger partial charge in [0.25, 0.3) is 0 Å². The molecule has 0 aromatic rings. The molecule has 0 aromatic carbocycles. The van der Waals surface area contributed by atoms with Gasteiger partial charge in [-0.1, -0.05) is 15.9 Å². The number of carbonyl (C=O) groups excluding carboxylic acids is 1. The van der Waals surface area contributed by atoms with Gasteiger partial charge in [-0.15, -0.1) is 0 Å². The predicted octanol–water partition coefficient (Wildman–Crippen LogP) is 0.827. The van der Waals surface area contributed by atoms with Crippen molar-refractivity contribution in [1.82, 2.24) is 0 Å². The molecule has 0 aliphatic heterocycles. The maximum Gasteiger partial charge on any atom is 0.138 e. The predicted molar refractivity (Wildman–Crippen MR) is 42.9 cm³/mol. The van der Waals surface area contributed by atoms with Gasteiger partial charge in [0, 0.05) is 0 Å². The number of hydrogen-bond donors (Lipinski definition) is 0. The lowest BCUT2D eigenvalue weighted by molar-refractivity contribution is -0.107. The first-order valence-electron chi connectivity index (χ1n) is 2.30. The van der Waals surface area contributed by atoms with E-state index in [9.17, 15) is 4.79 Å². The Morgan fingerprint density at radius 2 is 2.25 bits per heavy atom. The van der Waals surface area contributed by atoms with Crippen LogP contribution in [0.1, 0.15) is 0 Å². The average molecular weight is 198 g/mol. The molecule has 0 radical (unpaired) electrons. The molecule has 3 heteroatoms. The van der Waals surface area contributed by atoms with Crippen LogP contribution >= 0.6 is 15.9 Å². The minimum atomic E-state index is 0.0702. The van der Waals surface area contributed by atoms with Crippen molar-refractivity contribution in [3.8, 4) is 0 Å². The van der Waals surface area contributed by atoms with Gasteiger partial charge < -0.3 is 4.79 Å². The molecule has 0 N–H and O–H groups in total. The maximum absolute atomic E-state index is 10.00. The van der Waals surface area contributed by atoms with Crippen molar-refractivity contribution >= 4 is 33.1 Å². The third-order valence-electron chi connectivity index (χ3n) is 0.640. The van der Waals surface area contributed by atoms with Crippen molar-refractivity contribution in [2.45, 2.75) is 4.83 Å². The number of halogens is 1. The zero-order valence-corrected chi connectivity index (χ0v) is 7.46. The summed E-state index contributed by atoms with van der Waals surface area (Å²) >= 11 is 3.22. The molecule has 0 amide bonds. The lowest BCUT2D eigenvalue weighted by Crippen LogP contribution is -2.14. The quantitative estimate of drug-likeness (QED) is 0.373. The first-order chi connectivity index (χ1) is 3.66. The van der Waals surface area contributed by atoms with Crippen LogP contribution in [0, 0.1) is 0 Å². The zero-order valence-electron chi connectivity index (χ0n) is 5.06. The van der Waals surface area contributed by atoms with Crippen molar-refractivity contribution in [2.75, 3.05) is 18.3 Å². The van der Waals surface area contributed by atoms with Crippen LogP contribution in [-0.2, 0) is 15.7 Å². The van der Waals surface area contributed by atoms with Gasteiger partial charge in [-0.2, -0.15) is 0 Å². The van der Waals surface area contributed by atoms with E-state index < -0.39 is 0 Å². The van der Waals surface area contributed by atoms with Crippen LogP contribution in [0.2, 0.25) is 0 Å².